The minimum absolute atomic E-state index is 0.170. The highest BCUT2D eigenvalue weighted by atomic mass is 16.5. The number of hydrogen-bond donors (Lipinski definition) is 1. The summed E-state index contributed by atoms with van der Waals surface area (Å²) in [5.41, 5.74) is 1.04. The Balaban J connectivity index is 2.22. The normalized spacial score (nSPS) is 17.5. The standard InChI is InChI=1S/C17H25NO2/c1-3-7-16(19)18-17(12-5-4-6-13-17)14-8-10-15(20-2)11-9-14/h8-11H,3-7,12-13H2,1-2H3,(H,18,19). The van der Waals surface area contributed by atoms with Gasteiger partial charge in [-0.05, 0) is 37.0 Å². The highest BCUT2D eigenvalue weighted by molar-refractivity contribution is 5.77. The summed E-state index contributed by atoms with van der Waals surface area (Å²) >= 11 is 0. The first-order chi connectivity index (χ1) is 9.70. The van der Waals surface area contributed by atoms with E-state index in [4.69, 9.17) is 4.74 Å². The van der Waals surface area contributed by atoms with Crippen molar-refractivity contribution in [2.24, 2.45) is 0 Å². The van der Waals surface area contributed by atoms with Gasteiger partial charge < -0.3 is 10.1 Å². The van der Waals surface area contributed by atoms with Crippen molar-refractivity contribution in [2.45, 2.75) is 57.4 Å². The Morgan fingerprint density at radius 1 is 1.20 bits per heavy atom. The average molecular weight is 275 g/mol. The van der Waals surface area contributed by atoms with Gasteiger partial charge in [-0.1, -0.05) is 38.3 Å². The zero-order chi connectivity index (χ0) is 14.4. The van der Waals surface area contributed by atoms with Gasteiger partial charge in [0, 0.05) is 6.42 Å². The molecule has 0 aromatic heterocycles. The van der Waals surface area contributed by atoms with E-state index in [9.17, 15) is 4.79 Å². The van der Waals surface area contributed by atoms with Crippen LogP contribution in [0.5, 0.6) is 5.75 Å². The van der Waals surface area contributed by atoms with E-state index in [1.807, 2.05) is 19.1 Å². The highest BCUT2D eigenvalue weighted by Gasteiger charge is 2.35. The smallest absolute Gasteiger partial charge is 0.220 e. The number of rotatable bonds is 5. The molecule has 0 spiro atoms. The Labute approximate surface area is 121 Å². The van der Waals surface area contributed by atoms with Crippen molar-refractivity contribution >= 4 is 5.91 Å². The van der Waals surface area contributed by atoms with E-state index in [2.05, 4.69) is 17.4 Å². The maximum Gasteiger partial charge on any atom is 0.220 e. The third kappa shape index (κ3) is 3.33. The molecule has 2 rings (SSSR count). The molecule has 1 aliphatic carbocycles. The third-order valence-electron chi connectivity index (χ3n) is 4.21. The maximum absolute atomic E-state index is 12.1. The Hall–Kier alpha value is -1.51. The van der Waals surface area contributed by atoms with Gasteiger partial charge >= 0.3 is 0 Å². The van der Waals surface area contributed by atoms with E-state index < -0.39 is 0 Å². The van der Waals surface area contributed by atoms with E-state index in [-0.39, 0.29) is 11.4 Å². The summed E-state index contributed by atoms with van der Waals surface area (Å²) in [5, 5.41) is 3.31. The van der Waals surface area contributed by atoms with Crippen LogP contribution in [0.15, 0.2) is 24.3 Å². The van der Waals surface area contributed by atoms with Crippen molar-refractivity contribution in [2.75, 3.05) is 7.11 Å². The van der Waals surface area contributed by atoms with Gasteiger partial charge in [-0.2, -0.15) is 0 Å². The highest BCUT2D eigenvalue weighted by Crippen LogP contribution is 2.37. The van der Waals surface area contributed by atoms with E-state index >= 15 is 0 Å². The van der Waals surface area contributed by atoms with Crippen LogP contribution in [0.1, 0.15) is 57.4 Å². The van der Waals surface area contributed by atoms with Gasteiger partial charge in [0.05, 0.1) is 12.6 Å². The van der Waals surface area contributed by atoms with Gasteiger partial charge in [0.15, 0.2) is 0 Å². The third-order valence-corrected chi connectivity index (χ3v) is 4.21. The second-order valence-electron chi connectivity index (χ2n) is 5.67. The summed E-state index contributed by atoms with van der Waals surface area (Å²) in [7, 11) is 1.68. The minimum atomic E-state index is -0.170. The lowest BCUT2D eigenvalue weighted by Crippen LogP contribution is -2.47. The first-order valence-electron chi connectivity index (χ1n) is 7.66. The number of ether oxygens (including phenoxy) is 1. The van der Waals surface area contributed by atoms with Crippen LogP contribution < -0.4 is 10.1 Å². The zero-order valence-corrected chi connectivity index (χ0v) is 12.6. The molecule has 0 atom stereocenters. The topological polar surface area (TPSA) is 38.3 Å². The molecule has 1 aliphatic rings. The zero-order valence-electron chi connectivity index (χ0n) is 12.6. The van der Waals surface area contributed by atoms with Crippen molar-refractivity contribution in [3.05, 3.63) is 29.8 Å². The maximum atomic E-state index is 12.1. The van der Waals surface area contributed by atoms with Crippen molar-refractivity contribution in [3.8, 4) is 5.75 Å². The van der Waals surface area contributed by atoms with Crippen LogP contribution >= 0.6 is 0 Å². The second-order valence-corrected chi connectivity index (χ2v) is 5.67. The largest absolute Gasteiger partial charge is 0.497 e. The molecule has 20 heavy (non-hydrogen) atoms. The Morgan fingerprint density at radius 3 is 2.40 bits per heavy atom. The first-order valence-corrected chi connectivity index (χ1v) is 7.66. The fourth-order valence-electron chi connectivity index (χ4n) is 3.11. The number of carbonyl (C=O) groups is 1. The molecule has 1 aromatic carbocycles. The molecule has 0 aliphatic heterocycles. The molecule has 0 saturated heterocycles. The van der Waals surface area contributed by atoms with Crippen LogP contribution in [0.2, 0.25) is 0 Å². The number of benzene rings is 1. The Morgan fingerprint density at radius 2 is 1.85 bits per heavy atom. The van der Waals surface area contributed by atoms with Gasteiger partial charge in [-0.25, -0.2) is 0 Å². The van der Waals surface area contributed by atoms with Crippen LogP contribution in [0.4, 0.5) is 0 Å². The first kappa shape index (κ1) is 14.9. The SMILES string of the molecule is CCCC(=O)NC1(c2ccc(OC)cc2)CCCCC1. The van der Waals surface area contributed by atoms with Gasteiger partial charge in [0.25, 0.3) is 0 Å². The summed E-state index contributed by atoms with van der Waals surface area (Å²) in [4.78, 5) is 12.1. The summed E-state index contributed by atoms with van der Waals surface area (Å²) < 4.78 is 5.22. The van der Waals surface area contributed by atoms with Crippen LogP contribution in [-0.4, -0.2) is 13.0 Å². The van der Waals surface area contributed by atoms with Crippen LogP contribution in [0.25, 0.3) is 0 Å². The fourth-order valence-corrected chi connectivity index (χ4v) is 3.11. The molecule has 3 nitrogen and oxygen atoms in total. The lowest BCUT2D eigenvalue weighted by Gasteiger charge is -2.39. The number of carbonyl (C=O) groups excluding carboxylic acids is 1. The van der Waals surface area contributed by atoms with E-state index in [0.717, 1.165) is 25.0 Å². The van der Waals surface area contributed by atoms with Gasteiger partial charge in [0.1, 0.15) is 5.75 Å². The number of amides is 1. The predicted molar refractivity (Wildman–Crippen MR) is 80.8 cm³/mol. The van der Waals surface area contributed by atoms with E-state index in [1.165, 1.54) is 24.8 Å². The van der Waals surface area contributed by atoms with Crippen molar-refractivity contribution in [1.29, 1.82) is 0 Å². The van der Waals surface area contributed by atoms with Crippen LogP contribution in [0.3, 0.4) is 0 Å². The number of nitrogens with one attached hydrogen (secondary N) is 1. The Kier molecular flexibility index (Phi) is 5.05. The second kappa shape index (κ2) is 6.78. The Bertz CT molecular complexity index is 433. The summed E-state index contributed by atoms with van der Waals surface area (Å²) in [6, 6.07) is 8.15. The lowest BCUT2D eigenvalue weighted by molar-refractivity contribution is -0.123. The number of hydrogen-bond acceptors (Lipinski definition) is 2. The monoisotopic (exact) mass is 275 g/mol. The molecule has 1 aromatic rings. The lowest BCUT2D eigenvalue weighted by atomic mass is 9.76. The van der Waals surface area contributed by atoms with Gasteiger partial charge in [-0.15, -0.1) is 0 Å². The molecular weight excluding hydrogens is 250 g/mol. The van der Waals surface area contributed by atoms with Crippen molar-refractivity contribution in [1.82, 2.24) is 5.32 Å². The molecule has 1 amide bonds. The van der Waals surface area contributed by atoms with Crippen LogP contribution in [0, 0.1) is 0 Å². The van der Waals surface area contributed by atoms with E-state index in [1.54, 1.807) is 7.11 Å². The molecular formula is C17H25NO2. The van der Waals surface area contributed by atoms with Crippen LogP contribution in [-0.2, 0) is 10.3 Å². The molecule has 110 valence electrons. The molecule has 1 saturated carbocycles. The van der Waals surface area contributed by atoms with Gasteiger partial charge in [0.2, 0.25) is 5.91 Å². The minimum Gasteiger partial charge on any atom is -0.497 e. The van der Waals surface area contributed by atoms with Crippen molar-refractivity contribution in [3.63, 3.8) is 0 Å². The summed E-state index contributed by atoms with van der Waals surface area (Å²) in [6.07, 6.45) is 7.20. The number of methoxy groups -OCH3 is 1. The summed E-state index contributed by atoms with van der Waals surface area (Å²) in [5.74, 6) is 1.03. The molecule has 0 radical (unpaired) electrons. The summed E-state index contributed by atoms with van der Waals surface area (Å²) in [6.45, 7) is 2.04. The molecule has 0 heterocycles. The van der Waals surface area contributed by atoms with Gasteiger partial charge in [-0.3, -0.25) is 4.79 Å². The molecule has 0 unspecified atom stereocenters. The quantitative estimate of drug-likeness (QED) is 0.888. The van der Waals surface area contributed by atoms with Crippen molar-refractivity contribution < 1.29 is 9.53 Å². The predicted octanol–water partition coefficient (Wildman–Crippen LogP) is 3.77. The molecule has 1 N–H and O–H groups in total. The average Bonchev–Trinajstić information content (AvgIpc) is 2.48. The molecule has 0 bridgehead atoms. The molecule has 3 heteroatoms. The fraction of sp³-hybridized carbons (Fsp3) is 0.588. The van der Waals surface area contributed by atoms with E-state index in [0.29, 0.717) is 6.42 Å². The molecule has 1 fully saturated rings.